The smallest absolute Gasteiger partial charge is 0.123 e. The molecule has 0 radical (unpaired) electrons. The van der Waals surface area contributed by atoms with E-state index in [4.69, 9.17) is 4.74 Å². The summed E-state index contributed by atoms with van der Waals surface area (Å²) in [6.45, 7) is 2.57. The van der Waals surface area contributed by atoms with Crippen LogP contribution < -0.4 is 10.1 Å². The fourth-order valence-corrected chi connectivity index (χ4v) is 1.99. The molecule has 0 aliphatic heterocycles. The molecule has 2 rings (SSSR count). The van der Waals surface area contributed by atoms with Crippen molar-refractivity contribution in [3.05, 3.63) is 53.6 Å². The quantitative estimate of drug-likeness (QED) is 0.784. The third-order valence-electron chi connectivity index (χ3n) is 3.26. The molecule has 0 bridgehead atoms. The van der Waals surface area contributed by atoms with E-state index >= 15 is 0 Å². The average molecular weight is 273 g/mol. The lowest BCUT2D eigenvalue weighted by atomic mass is 10.1. The lowest BCUT2D eigenvalue weighted by Crippen LogP contribution is -2.18. The van der Waals surface area contributed by atoms with Gasteiger partial charge in [-0.2, -0.15) is 0 Å². The number of hydrogen-bond donors (Lipinski definition) is 3. The zero-order valence-electron chi connectivity index (χ0n) is 11.6. The summed E-state index contributed by atoms with van der Waals surface area (Å²) < 4.78 is 5.20. The standard InChI is InChI=1S/C16H19NO3/c1-11(12-4-3-5-15(8-12)20-2)17-10-13-6-7-14(18)9-16(13)19/h3-9,11,17-19H,10H2,1-2H3/t11-/m1/s1. The van der Waals surface area contributed by atoms with Crippen molar-refractivity contribution in [3.63, 3.8) is 0 Å². The van der Waals surface area contributed by atoms with E-state index in [1.165, 1.54) is 6.07 Å². The summed E-state index contributed by atoms with van der Waals surface area (Å²) in [7, 11) is 1.64. The van der Waals surface area contributed by atoms with Crippen LogP contribution in [0, 0.1) is 0 Å². The maximum atomic E-state index is 9.74. The van der Waals surface area contributed by atoms with Gasteiger partial charge < -0.3 is 20.3 Å². The molecule has 0 spiro atoms. The van der Waals surface area contributed by atoms with E-state index in [1.54, 1.807) is 19.2 Å². The molecule has 0 heterocycles. The number of ether oxygens (including phenoxy) is 1. The number of phenols is 2. The van der Waals surface area contributed by atoms with Crippen LogP contribution in [0.5, 0.6) is 17.2 Å². The van der Waals surface area contributed by atoms with E-state index in [2.05, 4.69) is 5.32 Å². The minimum Gasteiger partial charge on any atom is -0.508 e. The predicted octanol–water partition coefficient (Wildman–Crippen LogP) is 2.96. The van der Waals surface area contributed by atoms with E-state index < -0.39 is 0 Å². The van der Waals surface area contributed by atoms with Crippen LogP contribution in [0.15, 0.2) is 42.5 Å². The van der Waals surface area contributed by atoms with Crippen LogP contribution in [0.4, 0.5) is 0 Å². The van der Waals surface area contributed by atoms with Gasteiger partial charge in [0.2, 0.25) is 0 Å². The van der Waals surface area contributed by atoms with Gasteiger partial charge in [-0.15, -0.1) is 0 Å². The van der Waals surface area contributed by atoms with Crippen LogP contribution in [0.25, 0.3) is 0 Å². The van der Waals surface area contributed by atoms with Crippen molar-refractivity contribution >= 4 is 0 Å². The monoisotopic (exact) mass is 273 g/mol. The van der Waals surface area contributed by atoms with Gasteiger partial charge in [0.1, 0.15) is 17.2 Å². The highest BCUT2D eigenvalue weighted by molar-refractivity contribution is 5.39. The predicted molar refractivity (Wildman–Crippen MR) is 78.0 cm³/mol. The zero-order chi connectivity index (χ0) is 14.5. The van der Waals surface area contributed by atoms with Gasteiger partial charge in [-0.3, -0.25) is 0 Å². The molecule has 0 unspecified atom stereocenters. The van der Waals surface area contributed by atoms with Crippen LogP contribution in [-0.4, -0.2) is 17.3 Å². The Morgan fingerprint density at radius 1 is 1.15 bits per heavy atom. The van der Waals surface area contributed by atoms with Gasteiger partial charge in [-0.05, 0) is 30.7 Å². The fourth-order valence-electron chi connectivity index (χ4n) is 1.99. The van der Waals surface area contributed by atoms with Crippen molar-refractivity contribution in [1.82, 2.24) is 5.32 Å². The molecule has 0 aromatic heterocycles. The Morgan fingerprint density at radius 3 is 2.65 bits per heavy atom. The van der Waals surface area contributed by atoms with Crippen LogP contribution in [0.1, 0.15) is 24.1 Å². The maximum Gasteiger partial charge on any atom is 0.123 e. The number of hydrogen-bond acceptors (Lipinski definition) is 4. The van der Waals surface area contributed by atoms with E-state index in [-0.39, 0.29) is 17.5 Å². The summed E-state index contributed by atoms with van der Waals surface area (Å²) in [6.07, 6.45) is 0. The Kier molecular flexibility index (Phi) is 4.48. The van der Waals surface area contributed by atoms with Gasteiger partial charge in [0, 0.05) is 24.2 Å². The van der Waals surface area contributed by atoms with Crippen molar-refractivity contribution in [2.45, 2.75) is 19.5 Å². The summed E-state index contributed by atoms with van der Waals surface area (Å²) in [4.78, 5) is 0. The number of rotatable bonds is 5. The first-order valence-corrected chi connectivity index (χ1v) is 6.48. The number of nitrogens with one attached hydrogen (secondary N) is 1. The lowest BCUT2D eigenvalue weighted by Gasteiger charge is -2.15. The molecular weight excluding hydrogens is 254 g/mol. The Balaban J connectivity index is 2.02. The van der Waals surface area contributed by atoms with E-state index in [0.717, 1.165) is 16.9 Å². The van der Waals surface area contributed by atoms with E-state index in [9.17, 15) is 10.2 Å². The second kappa shape index (κ2) is 6.30. The third-order valence-corrected chi connectivity index (χ3v) is 3.26. The molecule has 1 atom stereocenters. The Bertz CT molecular complexity index is 584. The minimum atomic E-state index is 0.0621. The van der Waals surface area contributed by atoms with Gasteiger partial charge in [0.05, 0.1) is 7.11 Å². The largest absolute Gasteiger partial charge is 0.508 e. The molecule has 4 heteroatoms. The molecule has 2 aromatic carbocycles. The molecular formula is C16H19NO3. The molecule has 0 aliphatic carbocycles. The molecule has 0 fully saturated rings. The van der Waals surface area contributed by atoms with Gasteiger partial charge in [0.25, 0.3) is 0 Å². The zero-order valence-corrected chi connectivity index (χ0v) is 11.6. The highest BCUT2D eigenvalue weighted by atomic mass is 16.5. The second-order valence-corrected chi connectivity index (χ2v) is 4.69. The summed E-state index contributed by atoms with van der Waals surface area (Å²) >= 11 is 0. The van der Waals surface area contributed by atoms with Crippen LogP contribution >= 0.6 is 0 Å². The molecule has 2 aromatic rings. The topological polar surface area (TPSA) is 61.7 Å². The Morgan fingerprint density at radius 2 is 1.95 bits per heavy atom. The van der Waals surface area contributed by atoms with Crippen molar-refractivity contribution in [1.29, 1.82) is 0 Å². The van der Waals surface area contributed by atoms with Gasteiger partial charge in [0.15, 0.2) is 0 Å². The summed E-state index contributed by atoms with van der Waals surface area (Å²) in [5.41, 5.74) is 1.86. The van der Waals surface area contributed by atoms with Crippen LogP contribution in [0.2, 0.25) is 0 Å². The second-order valence-electron chi connectivity index (χ2n) is 4.69. The first-order chi connectivity index (χ1) is 9.60. The summed E-state index contributed by atoms with van der Waals surface area (Å²) in [5, 5.41) is 22.3. The number of benzene rings is 2. The number of methoxy groups -OCH3 is 1. The number of phenolic OH excluding ortho intramolecular Hbond substituents is 2. The molecule has 0 saturated carbocycles. The molecule has 0 aliphatic rings. The normalized spacial score (nSPS) is 12.1. The van der Waals surface area contributed by atoms with Crippen molar-refractivity contribution in [2.24, 2.45) is 0 Å². The van der Waals surface area contributed by atoms with Gasteiger partial charge in [-0.25, -0.2) is 0 Å². The third kappa shape index (κ3) is 3.42. The Labute approximate surface area is 118 Å². The van der Waals surface area contributed by atoms with Crippen LogP contribution in [0.3, 0.4) is 0 Å². The number of aromatic hydroxyl groups is 2. The lowest BCUT2D eigenvalue weighted by molar-refractivity contribution is 0.413. The maximum absolute atomic E-state index is 9.74. The average Bonchev–Trinajstić information content (AvgIpc) is 2.46. The molecule has 0 saturated heterocycles. The molecule has 20 heavy (non-hydrogen) atoms. The Hall–Kier alpha value is -2.20. The van der Waals surface area contributed by atoms with E-state index in [0.29, 0.717) is 6.54 Å². The SMILES string of the molecule is COc1cccc([C@@H](C)NCc2ccc(O)cc2O)c1. The first-order valence-electron chi connectivity index (χ1n) is 6.48. The van der Waals surface area contributed by atoms with Crippen LogP contribution in [-0.2, 0) is 6.54 Å². The molecule has 4 nitrogen and oxygen atoms in total. The minimum absolute atomic E-state index is 0.0621. The first kappa shape index (κ1) is 14.2. The molecule has 106 valence electrons. The van der Waals surface area contributed by atoms with E-state index in [1.807, 2.05) is 31.2 Å². The summed E-state index contributed by atoms with van der Waals surface area (Å²) in [5.74, 6) is 0.978. The fraction of sp³-hybridized carbons (Fsp3) is 0.250. The molecule has 3 N–H and O–H groups in total. The van der Waals surface area contributed by atoms with Crippen molar-refractivity contribution < 1.29 is 14.9 Å². The molecule has 0 amide bonds. The summed E-state index contributed by atoms with van der Waals surface area (Å²) in [6, 6.07) is 12.6. The van der Waals surface area contributed by atoms with Crippen molar-refractivity contribution in [3.8, 4) is 17.2 Å². The van der Waals surface area contributed by atoms with Gasteiger partial charge in [-0.1, -0.05) is 18.2 Å². The van der Waals surface area contributed by atoms with Gasteiger partial charge >= 0.3 is 0 Å². The highest BCUT2D eigenvalue weighted by Gasteiger charge is 2.08. The van der Waals surface area contributed by atoms with Crippen molar-refractivity contribution in [2.75, 3.05) is 7.11 Å². The highest BCUT2D eigenvalue weighted by Crippen LogP contribution is 2.24.